The van der Waals surface area contributed by atoms with E-state index in [0.717, 1.165) is 0 Å². The highest BCUT2D eigenvalue weighted by atomic mass is 35.5. The highest BCUT2D eigenvalue weighted by molar-refractivity contribution is 6.43. The number of carbonyl (C=O) groups is 1. The van der Waals surface area contributed by atoms with Gasteiger partial charge in [0, 0.05) is 10.3 Å². The van der Waals surface area contributed by atoms with Gasteiger partial charge >= 0.3 is 0 Å². The molecular formula is C14H11Cl3N4O4. The zero-order chi connectivity index (χ0) is 18.3. The van der Waals surface area contributed by atoms with E-state index in [-0.39, 0.29) is 27.3 Å². The number of azide groups is 1. The number of hydrogen-bond donors (Lipinski definition) is 2. The van der Waals surface area contributed by atoms with E-state index in [2.05, 4.69) is 10.0 Å². The van der Waals surface area contributed by atoms with Crippen LogP contribution in [0.4, 0.5) is 0 Å². The second-order valence-electron chi connectivity index (χ2n) is 5.44. The number of halogens is 3. The molecule has 132 valence electrons. The summed E-state index contributed by atoms with van der Waals surface area (Å²) >= 11 is 18.3. The first-order chi connectivity index (χ1) is 11.9. The molecule has 0 bridgehead atoms. The van der Waals surface area contributed by atoms with E-state index in [1.807, 2.05) is 0 Å². The highest BCUT2D eigenvalue weighted by Gasteiger charge is 2.44. The molecule has 1 saturated heterocycles. The number of fused-ring (bicyclic) bond motifs is 1. The normalized spacial score (nSPS) is 26.0. The van der Waals surface area contributed by atoms with Crippen molar-refractivity contribution in [3.8, 4) is 0 Å². The van der Waals surface area contributed by atoms with Crippen LogP contribution in [-0.4, -0.2) is 45.9 Å². The summed E-state index contributed by atoms with van der Waals surface area (Å²) in [6, 6.07) is 2.97. The first-order valence-corrected chi connectivity index (χ1v) is 8.20. The van der Waals surface area contributed by atoms with Crippen LogP contribution in [0.15, 0.2) is 17.2 Å². The van der Waals surface area contributed by atoms with Gasteiger partial charge in [-0.3, -0.25) is 4.79 Å². The van der Waals surface area contributed by atoms with Gasteiger partial charge in [-0.15, -0.1) is 0 Å². The first-order valence-electron chi connectivity index (χ1n) is 7.06. The van der Waals surface area contributed by atoms with E-state index in [4.69, 9.17) is 45.1 Å². The van der Waals surface area contributed by atoms with Crippen LogP contribution in [-0.2, 0) is 4.74 Å². The molecule has 1 aromatic heterocycles. The lowest BCUT2D eigenvalue weighted by atomic mass is 10.1. The molecule has 8 nitrogen and oxygen atoms in total. The third-order valence-corrected chi connectivity index (χ3v) is 5.16. The Balaban J connectivity index is 2.15. The van der Waals surface area contributed by atoms with Crippen LogP contribution in [0.5, 0.6) is 0 Å². The summed E-state index contributed by atoms with van der Waals surface area (Å²) in [7, 11) is 0. The van der Waals surface area contributed by atoms with E-state index in [9.17, 15) is 15.0 Å². The molecule has 0 amide bonds. The summed E-state index contributed by atoms with van der Waals surface area (Å²) in [5.41, 5.74) is 8.96. The lowest BCUT2D eigenvalue weighted by Crippen LogP contribution is -2.32. The Morgan fingerprint density at radius 2 is 1.96 bits per heavy atom. The zero-order valence-corrected chi connectivity index (χ0v) is 14.7. The van der Waals surface area contributed by atoms with E-state index in [0.29, 0.717) is 17.2 Å². The van der Waals surface area contributed by atoms with Crippen molar-refractivity contribution < 1.29 is 19.7 Å². The van der Waals surface area contributed by atoms with Crippen LogP contribution in [0.3, 0.4) is 0 Å². The second kappa shape index (κ2) is 7.01. The van der Waals surface area contributed by atoms with Crippen molar-refractivity contribution in [1.29, 1.82) is 0 Å². The molecule has 4 atom stereocenters. The molecule has 2 N–H and O–H groups in total. The number of carbonyl (C=O) groups excluding carboxylic acids is 1. The largest absolute Gasteiger partial charge is 0.388 e. The molecule has 0 saturated carbocycles. The quantitative estimate of drug-likeness (QED) is 0.351. The molecular weight excluding hydrogens is 395 g/mol. The molecule has 25 heavy (non-hydrogen) atoms. The van der Waals surface area contributed by atoms with Crippen LogP contribution < -0.4 is 0 Å². The number of rotatable bonds is 4. The maximum atomic E-state index is 11.4. The Morgan fingerprint density at radius 1 is 1.28 bits per heavy atom. The summed E-state index contributed by atoms with van der Waals surface area (Å²) in [6.45, 7) is -0.171. The molecule has 2 aromatic rings. The van der Waals surface area contributed by atoms with Crippen molar-refractivity contribution in [2.45, 2.75) is 24.5 Å². The molecule has 3 rings (SSSR count). The Kier molecular flexibility index (Phi) is 5.13. The van der Waals surface area contributed by atoms with Gasteiger partial charge in [-0.25, -0.2) is 0 Å². The number of aliphatic hydroxyl groups excluding tert-OH is 2. The summed E-state index contributed by atoms with van der Waals surface area (Å²) in [5, 5.41) is 24.7. The molecule has 1 aromatic carbocycles. The van der Waals surface area contributed by atoms with Crippen LogP contribution in [0.2, 0.25) is 15.2 Å². The number of aldehydes is 1. The molecule has 0 spiro atoms. The SMILES string of the molecule is [N-]=[N+]=NC[C@H]1O[C@@H](n2c(Cl)c(C=O)c3cc(Cl)c(Cl)cc32)C(O)C1O. The Morgan fingerprint density at radius 3 is 2.60 bits per heavy atom. The third-order valence-electron chi connectivity index (χ3n) is 4.06. The van der Waals surface area contributed by atoms with Gasteiger partial charge in [0.1, 0.15) is 17.4 Å². The number of ether oxygens (including phenoxy) is 1. The van der Waals surface area contributed by atoms with Crippen LogP contribution in [0.25, 0.3) is 21.3 Å². The van der Waals surface area contributed by atoms with Crippen molar-refractivity contribution in [2.75, 3.05) is 6.54 Å². The van der Waals surface area contributed by atoms with Crippen molar-refractivity contribution in [1.82, 2.24) is 4.57 Å². The topological polar surface area (TPSA) is 120 Å². The summed E-state index contributed by atoms with van der Waals surface area (Å²) in [6.07, 6.45) is -4.13. The van der Waals surface area contributed by atoms with Crippen molar-refractivity contribution in [2.24, 2.45) is 5.11 Å². The van der Waals surface area contributed by atoms with E-state index >= 15 is 0 Å². The predicted octanol–water partition coefficient (Wildman–Crippen LogP) is 3.34. The Bertz CT molecular complexity index is 896. The number of nitrogens with zero attached hydrogens (tertiary/aromatic N) is 4. The molecule has 1 aliphatic heterocycles. The summed E-state index contributed by atoms with van der Waals surface area (Å²) < 4.78 is 6.97. The van der Waals surface area contributed by atoms with Gasteiger partial charge in [0.05, 0.1) is 33.8 Å². The van der Waals surface area contributed by atoms with Crippen LogP contribution >= 0.6 is 34.8 Å². The minimum absolute atomic E-state index is 0.00372. The van der Waals surface area contributed by atoms with Gasteiger partial charge in [-0.1, -0.05) is 39.9 Å². The minimum atomic E-state index is -1.36. The lowest BCUT2D eigenvalue weighted by molar-refractivity contribution is -0.0313. The van der Waals surface area contributed by atoms with E-state index in [1.54, 1.807) is 0 Å². The monoisotopic (exact) mass is 404 g/mol. The van der Waals surface area contributed by atoms with Crippen molar-refractivity contribution >= 4 is 52.0 Å². The summed E-state index contributed by atoms with van der Waals surface area (Å²) in [5.74, 6) is 0. The maximum Gasteiger partial charge on any atom is 0.164 e. The van der Waals surface area contributed by atoms with Gasteiger partial charge in [-0.05, 0) is 17.7 Å². The lowest BCUT2D eigenvalue weighted by Gasteiger charge is -2.19. The van der Waals surface area contributed by atoms with Crippen molar-refractivity contribution in [3.63, 3.8) is 0 Å². The smallest absolute Gasteiger partial charge is 0.164 e. The van der Waals surface area contributed by atoms with Gasteiger partial charge in [0.2, 0.25) is 0 Å². The second-order valence-corrected chi connectivity index (χ2v) is 6.61. The average molecular weight is 406 g/mol. The van der Waals surface area contributed by atoms with Crippen LogP contribution in [0, 0.1) is 0 Å². The Hall–Kier alpha value is -1.51. The minimum Gasteiger partial charge on any atom is -0.388 e. The number of aromatic nitrogens is 1. The summed E-state index contributed by atoms with van der Waals surface area (Å²) in [4.78, 5) is 14.0. The molecule has 0 aliphatic carbocycles. The molecule has 2 heterocycles. The number of benzene rings is 1. The van der Waals surface area contributed by atoms with Crippen LogP contribution in [0.1, 0.15) is 16.6 Å². The van der Waals surface area contributed by atoms with Gasteiger partial charge < -0.3 is 19.5 Å². The fraction of sp³-hybridized carbons (Fsp3) is 0.357. The highest BCUT2D eigenvalue weighted by Crippen LogP contribution is 2.40. The third kappa shape index (κ3) is 2.96. The molecule has 1 fully saturated rings. The van der Waals surface area contributed by atoms with E-state index < -0.39 is 24.5 Å². The Labute approximate surface area is 156 Å². The standard InChI is InChI=1S/C14H11Cl3N4O4/c15-7-1-5-6(4-22)13(17)21(9(5)2-8(7)16)14-12(24)11(23)10(25-14)3-19-20-18/h1-2,4,10-12,14,23-24H,3H2/t10-,11?,12?,14-/m1/s1. The van der Waals surface area contributed by atoms with Gasteiger partial charge in [0.15, 0.2) is 12.5 Å². The zero-order valence-electron chi connectivity index (χ0n) is 12.4. The van der Waals surface area contributed by atoms with Gasteiger partial charge in [0.25, 0.3) is 0 Å². The van der Waals surface area contributed by atoms with Gasteiger partial charge in [-0.2, -0.15) is 0 Å². The first kappa shape index (κ1) is 18.3. The fourth-order valence-electron chi connectivity index (χ4n) is 2.87. The molecule has 1 aliphatic rings. The maximum absolute atomic E-state index is 11.4. The predicted molar refractivity (Wildman–Crippen MR) is 92.3 cm³/mol. The molecule has 2 unspecified atom stereocenters. The molecule has 0 radical (unpaired) electrons. The van der Waals surface area contributed by atoms with E-state index in [1.165, 1.54) is 16.7 Å². The average Bonchev–Trinajstić information content (AvgIpc) is 3.00. The van der Waals surface area contributed by atoms with Crippen molar-refractivity contribution in [3.05, 3.63) is 43.3 Å². The number of hydrogen-bond acceptors (Lipinski definition) is 5. The molecule has 11 heteroatoms. The number of aliphatic hydroxyl groups is 2. The fourth-order valence-corrected chi connectivity index (χ4v) is 3.52.